The van der Waals surface area contributed by atoms with E-state index in [-0.39, 0.29) is 5.91 Å². The Morgan fingerprint density at radius 1 is 1.43 bits per heavy atom. The smallest absolute Gasteiger partial charge is 0.234 e. The molecule has 4 nitrogen and oxygen atoms in total. The van der Waals surface area contributed by atoms with Crippen molar-refractivity contribution in [2.24, 2.45) is 17.6 Å². The minimum Gasteiger partial charge on any atom is -0.330 e. The van der Waals surface area contributed by atoms with E-state index in [1.54, 1.807) is 19.1 Å². The summed E-state index contributed by atoms with van der Waals surface area (Å²) < 4.78 is 0. The quantitative estimate of drug-likeness (QED) is 0.618. The fourth-order valence-electron chi connectivity index (χ4n) is 1.49. The molecular weight excluding hydrogens is 178 g/mol. The van der Waals surface area contributed by atoms with Crippen LogP contribution in [0.25, 0.3) is 0 Å². The van der Waals surface area contributed by atoms with E-state index in [1.807, 2.05) is 0 Å². The van der Waals surface area contributed by atoms with Crippen LogP contribution in [0, 0.1) is 11.8 Å². The first-order valence-corrected chi connectivity index (χ1v) is 5.12. The second-order valence-electron chi connectivity index (χ2n) is 4.36. The molecule has 1 amide bonds. The molecule has 84 valence electrons. The van der Waals surface area contributed by atoms with Gasteiger partial charge in [-0.25, -0.2) is 5.01 Å². The molecule has 0 heterocycles. The second-order valence-corrected chi connectivity index (χ2v) is 4.36. The van der Waals surface area contributed by atoms with E-state index in [2.05, 4.69) is 19.3 Å². The molecule has 0 saturated heterocycles. The summed E-state index contributed by atoms with van der Waals surface area (Å²) in [6.07, 6.45) is 1.53. The molecule has 3 N–H and O–H groups in total. The highest BCUT2D eigenvalue weighted by Gasteiger charge is 2.13. The Bertz CT molecular complexity index is 169. The van der Waals surface area contributed by atoms with Gasteiger partial charge < -0.3 is 5.73 Å². The maximum Gasteiger partial charge on any atom is 0.234 e. The first-order valence-electron chi connectivity index (χ1n) is 5.12. The van der Waals surface area contributed by atoms with Crippen LogP contribution in [0.3, 0.4) is 0 Å². The molecule has 14 heavy (non-hydrogen) atoms. The van der Waals surface area contributed by atoms with Crippen LogP contribution < -0.4 is 11.2 Å². The van der Waals surface area contributed by atoms with Gasteiger partial charge in [0, 0.05) is 20.5 Å². The van der Waals surface area contributed by atoms with E-state index in [1.165, 1.54) is 0 Å². The summed E-state index contributed by atoms with van der Waals surface area (Å²) in [7, 11) is 3.61. The molecule has 0 rings (SSSR count). The Labute approximate surface area is 86.8 Å². The molecule has 0 aliphatic carbocycles. The molecule has 0 radical (unpaired) electrons. The Morgan fingerprint density at radius 3 is 2.36 bits per heavy atom. The van der Waals surface area contributed by atoms with Crippen molar-refractivity contribution in [3.63, 3.8) is 0 Å². The summed E-state index contributed by atoms with van der Waals surface area (Å²) in [4.78, 5) is 11.4. The third kappa shape index (κ3) is 6.86. The number of amides is 1. The number of carbonyl (C=O) groups excluding carboxylic acids is 1. The molecule has 0 aliphatic rings. The van der Waals surface area contributed by atoms with Gasteiger partial charge in [0.2, 0.25) is 5.91 Å². The van der Waals surface area contributed by atoms with Crippen LogP contribution in [0.15, 0.2) is 0 Å². The molecule has 0 spiro atoms. The summed E-state index contributed by atoms with van der Waals surface area (Å²) >= 11 is 0. The normalized spacial score (nSPS) is 13.4. The Morgan fingerprint density at radius 2 is 2.00 bits per heavy atom. The third-order valence-corrected chi connectivity index (χ3v) is 1.96. The Kier molecular flexibility index (Phi) is 6.49. The molecule has 0 aromatic rings. The van der Waals surface area contributed by atoms with Gasteiger partial charge >= 0.3 is 0 Å². The Balaban J connectivity index is 3.86. The highest BCUT2D eigenvalue weighted by molar-refractivity contribution is 5.75. The number of carbonyl (C=O) groups is 1. The highest BCUT2D eigenvalue weighted by atomic mass is 16.2. The number of hydrogen-bond donors (Lipinski definition) is 2. The molecular formula is C10H23N3O. The van der Waals surface area contributed by atoms with E-state index in [4.69, 9.17) is 5.73 Å². The van der Waals surface area contributed by atoms with Gasteiger partial charge in [0.05, 0.1) is 0 Å². The van der Waals surface area contributed by atoms with Gasteiger partial charge in [0.15, 0.2) is 0 Å². The van der Waals surface area contributed by atoms with Crippen molar-refractivity contribution in [3.05, 3.63) is 0 Å². The lowest BCUT2D eigenvalue weighted by Gasteiger charge is -2.18. The van der Waals surface area contributed by atoms with Gasteiger partial charge in [-0.2, -0.15) is 0 Å². The summed E-state index contributed by atoms with van der Waals surface area (Å²) in [5.74, 6) is 0.941. The SMILES string of the molecule is CC(C)CC(CN)CC(=O)NN(C)C. The number of nitrogens with zero attached hydrogens (tertiary/aromatic N) is 1. The van der Waals surface area contributed by atoms with Crippen LogP contribution in [0.5, 0.6) is 0 Å². The maximum atomic E-state index is 11.4. The van der Waals surface area contributed by atoms with Crippen LogP contribution in [-0.4, -0.2) is 31.6 Å². The van der Waals surface area contributed by atoms with Crippen molar-refractivity contribution in [2.45, 2.75) is 26.7 Å². The first-order chi connectivity index (χ1) is 6.45. The minimum absolute atomic E-state index is 0.0473. The zero-order valence-electron chi connectivity index (χ0n) is 9.71. The van der Waals surface area contributed by atoms with E-state index in [9.17, 15) is 4.79 Å². The molecule has 0 bridgehead atoms. The number of hydrogen-bond acceptors (Lipinski definition) is 3. The standard InChI is InChI=1S/C10H23N3O/c1-8(2)5-9(7-11)6-10(14)12-13(3)4/h8-9H,5-7,11H2,1-4H3,(H,12,14). The summed E-state index contributed by atoms with van der Waals surface area (Å²) in [6.45, 7) is 4.87. The first kappa shape index (κ1) is 13.4. The minimum atomic E-state index is 0.0473. The topological polar surface area (TPSA) is 58.4 Å². The Hall–Kier alpha value is -0.610. The molecule has 0 aromatic carbocycles. The lowest BCUT2D eigenvalue weighted by atomic mass is 9.94. The maximum absolute atomic E-state index is 11.4. The van der Waals surface area contributed by atoms with Crippen molar-refractivity contribution in [1.29, 1.82) is 0 Å². The predicted octanol–water partition coefficient (Wildman–Crippen LogP) is 0.590. The van der Waals surface area contributed by atoms with Crippen LogP contribution >= 0.6 is 0 Å². The number of hydrazine groups is 1. The zero-order chi connectivity index (χ0) is 11.1. The predicted molar refractivity (Wildman–Crippen MR) is 58.4 cm³/mol. The lowest BCUT2D eigenvalue weighted by Crippen LogP contribution is -2.38. The third-order valence-electron chi connectivity index (χ3n) is 1.96. The van der Waals surface area contributed by atoms with Gasteiger partial charge in [0.25, 0.3) is 0 Å². The number of nitrogens with two attached hydrogens (primary N) is 1. The fraction of sp³-hybridized carbons (Fsp3) is 0.900. The van der Waals surface area contributed by atoms with E-state index < -0.39 is 0 Å². The van der Waals surface area contributed by atoms with Gasteiger partial charge in [-0.3, -0.25) is 10.2 Å². The molecule has 4 heteroatoms. The second kappa shape index (κ2) is 6.79. The summed E-state index contributed by atoms with van der Waals surface area (Å²) in [5.41, 5.74) is 8.33. The summed E-state index contributed by atoms with van der Waals surface area (Å²) in [5, 5.41) is 1.66. The van der Waals surface area contributed by atoms with Crippen LogP contribution in [0.4, 0.5) is 0 Å². The van der Waals surface area contributed by atoms with Crippen molar-refractivity contribution in [3.8, 4) is 0 Å². The van der Waals surface area contributed by atoms with Crippen molar-refractivity contribution in [2.75, 3.05) is 20.6 Å². The average Bonchev–Trinajstić information content (AvgIpc) is 2.00. The van der Waals surface area contributed by atoms with Gasteiger partial charge in [-0.1, -0.05) is 13.8 Å². The van der Waals surface area contributed by atoms with Crippen LogP contribution in [0.2, 0.25) is 0 Å². The van der Waals surface area contributed by atoms with Gasteiger partial charge in [0.1, 0.15) is 0 Å². The summed E-state index contributed by atoms with van der Waals surface area (Å²) in [6, 6.07) is 0. The number of nitrogens with one attached hydrogen (secondary N) is 1. The molecule has 0 fully saturated rings. The monoisotopic (exact) mass is 201 g/mol. The van der Waals surface area contributed by atoms with E-state index in [0.717, 1.165) is 6.42 Å². The largest absolute Gasteiger partial charge is 0.330 e. The highest BCUT2D eigenvalue weighted by Crippen LogP contribution is 2.13. The molecule has 0 aliphatic heterocycles. The van der Waals surface area contributed by atoms with Crippen LogP contribution in [0.1, 0.15) is 26.7 Å². The molecule has 1 atom stereocenters. The lowest BCUT2D eigenvalue weighted by molar-refractivity contribution is -0.125. The van der Waals surface area contributed by atoms with Gasteiger partial charge in [-0.05, 0) is 24.8 Å². The van der Waals surface area contributed by atoms with Crippen LogP contribution in [-0.2, 0) is 4.79 Å². The zero-order valence-corrected chi connectivity index (χ0v) is 9.71. The van der Waals surface area contributed by atoms with Gasteiger partial charge in [-0.15, -0.1) is 0 Å². The van der Waals surface area contributed by atoms with Crippen molar-refractivity contribution < 1.29 is 4.79 Å². The number of rotatable bonds is 6. The fourth-order valence-corrected chi connectivity index (χ4v) is 1.49. The molecule has 0 aromatic heterocycles. The average molecular weight is 201 g/mol. The van der Waals surface area contributed by atoms with Crippen molar-refractivity contribution >= 4 is 5.91 Å². The molecule has 0 saturated carbocycles. The van der Waals surface area contributed by atoms with Crippen molar-refractivity contribution in [1.82, 2.24) is 10.4 Å². The van der Waals surface area contributed by atoms with E-state index in [0.29, 0.717) is 24.8 Å². The molecule has 1 unspecified atom stereocenters. The van der Waals surface area contributed by atoms with E-state index >= 15 is 0 Å².